The third-order valence-corrected chi connectivity index (χ3v) is 9.49. The van der Waals surface area contributed by atoms with Crippen molar-refractivity contribution in [1.82, 2.24) is 9.80 Å². The van der Waals surface area contributed by atoms with E-state index < -0.39 is 55.8 Å². The van der Waals surface area contributed by atoms with E-state index in [0.717, 1.165) is 10.6 Å². The molecule has 3 saturated heterocycles. The lowest BCUT2D eigenvalue weighted by atomic mass is 9.87. The van der Waals surface area contributed by atoms with Crippen LogP contribution in [0.5, 0.6) is 0 Å². The van der Waals surface area contributed by atoms with Gasteiger partial charge in [-0.2, -0.15) is 0 Å². The van der Waals surface area contributed by atoms with E-state index in [1.807, 2.05) is 30.3 Å². The Hall–Kier alpha value is -2.66. The van der Waals surface area contributed by atoms with Crippen molar-refractivity contribution in [1.29, 1.82) is 0 Å². The molecular weight excluding hydrogens is 426 g/mol. The Bertz CT molecular complexity index is 1020. The van der Waals surface area contributed by atoms with Crippen LogP contribution in [0.15, 0.2) is 30.3 Å². The van der Waals surface area contributed by atoms with Gasteiger partial charge in [-0.05, 0) is 26.0 Å². The molecule has 31 heavy (non-hydrogen) atoms. The number of carboxylic acid groups (broad SMARTS) is 1. The molecule has 3 aliphatic heterocycles. The van der Waals surface area contributed by atoms with Gasteiger partial charge in [0.1, 0.15) is 23.4 Å². The van der Waals surface area contributed by atoms with Crippen molar-refractivity contribution in [3.05, 3.63) is 30.3 Å². The van der Waals surface area contributed by atoms with Crippen LogP contribution in [0.25, 0.3) is 0 Å². The Balaban J connectivity index is 1.48. The first kappa shape index (κ1) is 21.6. The highest BCUT2D eigenvalue weighted by molar-refractivity contribution is 7.93. The van der Waals surface area contributed by atoms with Crippen LogP contribution in [0.1, 0.15) is 13.8 Å². The predicted octanol–water partition coefficient (Wildman–Crippen LogP) is -0.859. The zero-order valence-corrected chi connectivity index (χ0v) is 18.0. The Morgan fingerprint density at radius 2 is 1.68 bits per heavy atom. The fourth-order valence-corrected chi connectivity index (χ4v) is 7.12. The molecular formula is C20H25N3O7S. The van der Waals surface area contributed by atoms with Crippen LogP contribution >= 0.6 is 0 Å². The molecule has 3 heterocycles. The minimum absolute atomic E-state index is 0.316. The molecule has 0 unspecified atom stereocenters. The van der Waals surface area contributed by atoms with Gasteiger partial charge in [0.2, 0.25) is 5.91 Å². The van der Waals surface area contributed by atoms with Gasteiger partial charge in [-0.25, -0.2) is 13.2 Å². The Kier molecular flexibility index (Phi) is 5.01. The van der Waals surface area contributed by atoms with E-state index in [1.165, 1.54) is 18.7 Å². The summed E-state index contributed by atoms with van der Waals surface area (Å²) in [5.74, 6) is -4.46. The van der Waals surface area contributed by atoms with Crippen LogP contribution in [-0.2, 0) is 24.2 Å². The fraction of sp³-hybridized carbons (Fsp3) is 0.550. The summed E-state index contributed by atoms with van der Waals surface area (Å²) in [5, 5.41) is 18.6. The SMILES string of the molecule is CC1(C)[C@H](C(=O)O)N2C(=O)[C@@H]([C@H](O)C(=O)N3CCN(c4ccccc4)CC3)[C@H]2S1(=O)=O. The first-order valence-corrected chi connectivity index (χ1v) is 11.6. The largest absolute Gasteiger partial charge is 0.480 e. The van der Waals surface area contributed by atoms with Crippen molar-refractivity contribution < 1.29 is 33.0 Å². The predicted molar refractivity (Wildman–Crippen MR) is 110 cm³/mol. The summed E-state index contributed by atoms with van der Waals surface area (Å²) in [6.45, 7) is 4.19. The van der Waals surface area contributed by atoms with Crippen LogP contribution in [0.2, 0.25) is 0 Å². The fourth-order valence-electron chi connectivity index (χ4n) is 4.80. The summed E-state index contributed by atoms with van der Waals surface area (Å²) in [6, 6.07) is 8.10. The number of hydrogen-bond donors (Lipinski definition) is 2. The molecule has 1 aromatic rings. The maximum Gasteiger partial charge on any atom is 0.328 e. The van der Waals surface area contributed by atoms with E-state index in [9.17, 15) is 33.0 Å². The lowest BCUT2D eigenvalue weighted by Crippen LogP contribution is -2.68. The molecule has 0 saturated carbocycles. The van der Waals surface area contributed by atoms with Gasteiger partial charge < -0.3 is 24.9 Å². The molecule has 0 radical (unpaired) electrons. The lowest BCUT2D eigenvalue weighted by molar-refractivity contribution is -0.173. The number of sulfone groups is 1. The third-order valence-electron chi connectivity index (χ3n) is 6.65. The summed E-state index contributed by atoms with van der Waals surface area (Å²) in [7, 11) is -4.11. The number of rotatable bonds is 4. The van der Waals surface area contributed by atoms with E-state index >= 15 is 0 Å². The standard InChI is InChI=1S/C20H25N3O7S/c1-20(2)15(19(27)28)23-16(25)13(18(23)31(20,29)30)14(24)17(26)22-10-8-21(9-11-22)12-6-4-3-5-7-12/h3-7,13-15,18,24H,8-11H2,1-2H3,(H,27,28)/t13-,14+,15+,18-/m1/s1. The highest BCUT2D eigenvalue weighted by atomic mass is 32.2. The number of amides is 2. The number of carbonyl (C=O) groups is 3. The Labute approximate surface area is 180 Å². The number of benzene rings is 1. The van der Waals surface area contributed by atoms with Gasteiger partial charge in [-0.3, -0.25) is 9.59 Å². The van der Waals surface area contributed by atoms with Gasteiger partial charge in [-0.15, -0.1) is 0 Å². The molecule has 11 heteroatoms. The highest BCUT2D eigenvalue weighted by Gasteiger charge is 2.73. The average Bonchev–Trinajstić information content (AvgIpc) is 2.88. The van der Waals surface area contributed by atoms with E-state index in [-0.39, 0.29) is 0 Å². The molecule has 168 valence electrons. The summed E-state index contributed by atoms with van der Waals surface area (Å²) in [5.41, 5.74) is 1.01. The van der Waals surface area contributed by atoms with E-state index in [0.29, 0.717) is 26.2 Å². The second-order valence-corrected chi connectivity index (χ2v) is 11.3. The normalized spacial score (nSPS) is 29.8. The van der Waals surface area contributed by atoms with Gasteiger partial charge in [0.05, 0.1) is 4.75 Å². The minimum Gasteiger partial charge on any atom is -0.480 e. The Morgan fingerprint density at radius 3 is 2.23 bits per heavy atom. The number of aliphatic hydroxyl groups is 1. The maximum atomic E-state index is 13.0. The quantitative estimate of drug-likeness (QED) is 0.565. The van der Waals surface area contributed by atoms with Crippen LogP contribution in [-0.4, -0.2) is 94.7 Å². The molecule has 0 bridgehead atoms. The third kappa shape index (κ3) is 3.01. The van der Waals surface area contributed by atoms with Crippen LogP contribution in [0.4, 0.5) is 5.69 Å². The average molecular weight is 452 g/mol. The van der Waals surface area contributed by atoms with Gasteiger partial charge in [0.25, 0.3) is 5.91 Å². The molecule has 3 aliphatic rings. The van der Waals surface area contributed by atoms with Crippen molar-refractivity contribution >= 4 is 33.3 Å². The number of β-lactam (4-membered cyclic amide) rings is 1. The number of fused-ring (bicyclic) bond motifs is 1. The molecule has 4 atom stereocenters. The van der Waals surface area contributed by atoms with Crippen molar-refractivity contribution in [2.24, 2.45) is 5.92 Å². The van der Waals surface area contributed by atoms with Crippen LogP contribution in [0, 0.1) is 5.92 Å². The monoisotopic (exact) mass is 451 g/mol. The van der Waals surface area contributed by atoms with E-state index in [4.69, 9.17) is 0 Å². The first-order chi connectivity index (χ1) is 14.5. The van der Waals surface area contributed by atoms with E-state index in [1.54, 1.807) is 0 Å². The molecule has 2 N–H and O–H groups in total. The van der Waals surface area contributed by atoms with Gasteiger partial charge in [0.15, 0.2) is 9.84 Å². The van der Waals surface area contributed by atoms with Gasteiger partial charge in [-0.1, -0.05) is 18.2 Å². The zero-order valence-electron chi connectivity index (χ0n) is 17.2. The number of anilines is 1. The molecule has 2 amide bonds. The van der Waals surface area contributed by atoms with E-state index in [2.05, 4.69) is 4.90 Å². The number of para-hydroxylation sites is 1. The maximum absolute atomic E-state index is 13.0. The number of hydrogen-bond acceptors (Lipinski definition) is 7. The molecule has 0 aliphatic carbocycles. The number of aliphatic hydroxyl groups excluding tert-OH is 1. The smallest absolute Gasteiger partial charge is 0.328 e. The summed E-state index contributed by atoms with van der Waals surface area (Å²) in [6.07, 6.45) is -1.84. The van der Waals surface area contributed by atoms with Crippen LogP contribution in [0.3, 0.4) is 0 Å². The van der Waals surface area contributed by atoms with Crippen molar-refractivity contribution in [3.8, 4) is 0 Å². The van der Waals surface area contributed by atoms with Crippen molar-refractivity contribution in [2.45, 2.75) is 36.1 Å². The van der Waals surface area contributed by atoms with Crippen molar-refractivity contribution in [2.75, 3.05) is 31.1 Å². The number of piperazine rings is 1. The number of nitrogens with zero attached hydrogens (tertiary/aromatic N) is 3. The molecule has 0 aromatic heterocycles. The molecule has 10 nitrogen and oxygen atoms in total. The van der Waals surface area contributed by atoms with Gasteiger partial charge in [0, 0.05) is 31.9 Å². The second-order valence-electron chi connectivity index (χ2n) is 8.64. The number of aliphatic carboxylic acids is 1. The molecule has 4 rings (SSSR count). The summed E-state index contributed by atoms with van der Waals surface area (Å²) >= 11 is 0. The second kappa shape index (κ2) is 7.20. The molecule has 1 aromatic carbocycles. The summed E-state index contributed by atoms with van der Waals surface area (Å²) < 4.78 is 24.2. The highest BCUT2D eigenvalue weighted by Crippen LogP contribution is 2.49. The lowest BCUT2D eigenvalue weighted by Gasteiger charge is -2.45. The first-order valence-electron chi connectivity index (χ1n) is 10.1. The Morgan fingerprint density at radius 1 is 1.10 bits per heavy atom. The topological polar surface area (TPSA) is 136 Å². The minimum atomic E-state index is -4.11. The zero-order chi connectivity index (χ0) is 22.7. The van der Waals surface area contributed by atoms with Crippen LogP contribution < -0.4 is 4.90 Å². The molecule has 0 spiro atoms. The van der Waals surface area contributed by atoms with Gasteiger partial charge >= 0.3 is 5.97 Å². The number of carbonyl (C=O) groups excluding carboxylic acids is 2. The van der Waals surface area contributed by atoms with Crippen molar-refractivity contribution in [3.63, 3.8) is 0 Å². The number of carboxylic acids is 1. The molecule has 3 fully saturated rings. The summed E-state index contributed by atoms with van der Waals surface area (Å²) in [4.78, 5) is 41.5.